The Balaban J connectivity index is 1.87. The van der Waals surface area contributed by atoms with E-state index in [2.05, 4.69) is 26.0 Å². The SMILES string of the molecule is COC(=S)NC(c1ccc(N2CCNCC2)c(F)c1)c1c[nH]nn1. The van der Waals surface area contributed by atoms with Gasteiger partial charge in [0.2, 0.25) is 0 Å². The Hall–Kier alpha value is -2.26. The van der Waals surface area contributed by atoms with Crippen LogP contribution in [-0.4, -0.2) is 53.9 Å². The van der Waals surface area contributed by atoms with Gasteiger partial charge < -0.3 is 20.3 Å². The monoisotopic (exact) mass is 350 g/mol. The Kier molecular flexibility index (Phi) is 5.21. The number of benzene rings is 1. The molecule has 0 radical (unpaired) electrons. The standard InChI is InChI=1S/C15H19FN6OS/c1-23-15(24)19-14(12-9-18-21-20-12)10-2-3-13(11(16)8-10)22-6-4-17-5-7-22/h2-3,8-9,14,17H,4-7H2,1H3,(H,19,24)(H,18,20,21). The molecular weight excluding hydrogens is 331 g/mol. The Bertz CT molecular complexity index is 689. The van der Waals surface area contributed by atoms with Gasteiger partial charge in [-0.05, 0) is 29.9 Å². The molecule has 0 amide bonds. The summed E-state index contributed by atoms with van der Waals surface area (Å²) in [5.41, 5.74) is 1.90. The van der Waals surface area contributed by atoms with Gasteiger partial charge in [0.05, 0.1) is 12.8 Å². The van der Waals surface area contributed by atoms with Crippen LogP contribution in [0.5, 0.6) is 0 Å². The van der Waals surface area contributed by atoms with Gasteiger partial charge in [-0.1, -0.05) is 11.3 Å². The maximum absolute atomic E-state index is 14.7. The number of aromatic nitrogens is 3. The van der Waals surface area contributed by atoms with Crippen LogP contribution in [0, 0.1) is 5.82 Å². The molecule has 0 bridgehead atoms. The number of halogens is 1. The predicted molar refractivity (Wildman–Crippen MR) is 92.5 cm³/mol. The molecule has 1 atom stereocenters. The highest BCUT2D eigenvalue weighted by Gasteiger charge is 2.21. The molecule has 3 rings (SSSR count). The van der Waals surface area contributed by atoms with Crippen molar-refractivity contribution in [2.45, 2.75) is 6.04 Å². The van der Waals surface area contributed by atoms with Crippen LogP contribution in [-0.2, 0) is 4.74 Å². The Morgan fingerprint density at radius 2 is 2.21 bits per heavy atom. The van der Waals surface area contributed by atoms with E-state index in [4.69, 9.17) is 17.0 Å². The largest absolute Gasteiger partial charge is 0.474 e. The Morgan fingerprint density at radius 1 is 1.42 bits per heavy atom. The number of hydrogen-bond donors (Lipinski definition) is 3. The van der Waals surface area contributed by atoms with E-state index in [9.17, 15) is 4.39 Å². The molecule has 0 aliphatic carbocycles. The highest BCUT2D eigenvalue weighted by molar-refractivity contribution is 7.80. The van der Waals surface area contributed by atoms with E-state index >= 15 is 0 Å². The van der Waals surface area contributed by atoms with Crippen LogP contribution in [0.3, 0.4) is 0 Å². The number of thiocarbonyl (C=S) groups is 1. The zero-order chi connectivity index (χ0) is 16.9. The van der Waals surface area contributed by atoms with E-state index in [0.717, 1.165) is 26.2 Å². The van der Waals surface area contributed by atoms with Crippen LogP contribution >= 0.6 is 12.2 Å². The van der Waals surface area contributed by atoms with Crippen molar-refractivity contribution in [1.29, 1.82) is 0 Å². The van der Waals surface area contributed by atoms with Crippen LogP contribution in [0.25, 0.3) is 0 Å². The summed E-state index contributed by atoms with van der Waals surface area (Å²) in [6.45, 7) is 3.28. The topological polar surface area (TPSA) is 78.1 Å². The molecule has 1 aromatic carbocycles. The lowest BCUT2D eigenvalue weighted by atomic mass is 10.0. The first kappa shape index (κ1) is 16.6. The fourth-order valence-electron chi connectivity index (χ4n) is 2.72. The third-order valence-corrected chi connectivity index (χ3v) is 4.23. The zero-order valence-corrected chi connectivity index (χ0v) is 14.1. The van der Waals surface area contributed by atoms with Gasteiger partial charge >= 0.3 is 0 Å². The quantitative estimate of drug-likeness (QED) is 0.709. The van der Waals surface area contributed by atoms with Gasteiger partial charge in [0, 0.05) is 32.4 Å². The Morgan fingerprint density at radius 3 is 2.83 bits per heavy atom. The maximum atomic E-state index is 14.7. The highest BCUT2D eigenvalue weighted by Crippen LogP contribution is 2.26. The van der Waals surface area contributed by atoms with Crippen molar-refractivity contribution in [3.63, 3.8) is 0 Å². The lowest BCUT2D eigenvalue weighted by molar-refractivity contribution is 0.387. The molecule has 24 heavy (non-hydrogen) atoms. The van der Waals surface area contributed by atoms with Gasteiger partial charge in [-0.15, -0.1) is 5.10 Å². The fourth-order valence-corrected chi connectivity index (χ4v) is 2.84. The maximum Gasteiger partial charge on any atom is 0.257 e. The summed E-state index contributed by atoms with van der Waals surface area (Å²) in [6.07, 6.45) is 1.64. The van der Waals surface area contributed by atoms with Gasteiger partial charge in [-0.3, -0.25) is 5.10 Å². The third kappa shape index (κ3) is 3.62. The van der Waals surface area contributed by atoms with Crippen LogP contribution in [0.2, 0.25) is 0 Å². The summed E-state index contributed by atoms with van der Waals surface area (Å²) >= 11 is 5.07. The van der Waals surface area contributed by atoms with Crippen molar-refractivity contribution in [3.05, 3.63) is 41.5 Å². The number of nitrogens with one attached hydrogen (secondary N) is 3. The van der Waals surface area contributed by atoms with E-state index in [1.165, 1.54) is 13.2 Å². The lowest BCUT2D eigenvalue weighted by Gasteiger charge is -2.30. The smallest absolute Gasteiger partial charge is 0.257 e. The molecule has 1 aromatic heterocycles. The van der Waals surface area contributed by atoms with Crippen molar-refractivity contribution in [2.75, 3.05) is 38.2 Å². The summed E-state index contributed by atoms with van der Waals surface area (Å²) in [6, 6.07) is 4.72. The first-order valence-electron chi connectivity index (χ1n) is 7.65. The highest BCUT2D eigenvalue weighted by atomic mass is 32.1. The number of ether oxygens (including phenoxy) is 1. The second-order valence-corrected chi connectivity index (χ2v) is 5.79. The van der Waals surface area contributed by atoms with Gasteiger partial charge in [0.25, 0.3) is 5.17 Å². The number of rotatable bonds is 4. The van der Waals surface area contributed by atoms with E-state index in [-0.39, 0.29) is 11.0 Å². The minimum atomic E-state index is -0.442. The van der Waals surface area contributed by atoms with Gasteiger partial charge in [-0.2, -0.15) is 0 Å². The third-order valence-electron chi connectivity index (χ3n) is 3.94. The second kappa shape index (κ2) is 7.54. The van der Waals surface area contributed by atoms with E-state index in [0.29, 0.717) is 16.9 Å². The average Bonchev–Trinajstić information content (AvgIpc) is 3.14. The summed E-state index contributed by atoms with van der Waals surface area (Å²) < 4.78 is 19.7. The number of anilines is 1. The number of hydrogen-bond acceptors (Lipinski definition) is 6. The molecule has 1 saturated heterocycles. The van der Waals surface area contributed by atoms with Crippen LogP contribution in [0.15, 0.2) is 24.4 Å². The van der Waals surface area contributed by atoms with Crippen molar-refractivity contribution in [1.82, 2.24) is 26.0 Å². The predicted octanol–water partition coefficient (Wildman–Crippen LogP) is 0.964. The van der Waals surface area contributed by atoms with E-state index in [1.807, 2.05) is 11.0 Å². The Labute approximate surface area is 144 Å². The number of methoxy groups -OCH3 is 1. The molecule has 0 spiro atoms. The molecule has 1 fully saturated rings. The molecule has 2 aromatic rings. The molecule has 1 aliphatic rings. The number of H-pyrrole nitrogens is 1. The van der Waals surface area contributed by atoms with Crippen molar-refractivity contribution < 1.29 is 9.13 Å². The molecule has 1 aliphatic heterocycles. The zero-order valence-electron chi connectivity index (χ0n) is 13.3. The normalized spacial score (nSPS) is 15.8. The minimum Gasteiger partial charge on any atom is -0.474 e. The molecular formula is C15H19FN6OS. The molecule has 7 nitrogen and oxygen atoms in total. The number of aromatic amines is 1. The number of piperazine rings is 1. The lowest BCUT2D eigenvalue weighted by Crippen LogP contribution is -2.43. The molecule has 2 heterocycles. The molecule has 0 saturated carbocycles. The van der Waals surface area contributed by atoms with Gasteiger partial charge in [0.1, 0.15) is 17.6 Å². The van der Waals surface area contributed by atoms with Crippen LogP contribution in [0.1, 0.15) is 17.3 Å². The first-order chi connectivity index (χ1) is 11.7. The molecule has 9 heteroatoms. The summed E-state index contributed by atoms with van der Waals surface area (Å²) in [7, 11) is 1.48. The molecule has 3 N–H and O–H groups in total. The average molecular weight is 350 g/mol. The molecule has 1 unspecified atom stereocenters. The van der Waals surface area contributed by atoms with Crippen molar-refractivity contribution >= 4 is 23.1 Å². The minimum absolute atomic E-state index is 0.203. The van der Waals surface area contributed by atoms with Crippen LogP contribution < -0.4 is 15.5 Å². The fraction of sp³-hybridized carbons (Fsp3) is 0.400. The summed E-state index contributed by atoms with van der Waals surface area (Å²) in [4.78, 5) is 2.04. The van der Waals surface area contributed by atoms with E-state index in [1.54, 1.807) is 12.3 Å². The van der Waals surface area contributed by atoms with Gasteiger partial charge in [-0.25, -0.2) is 4.39 Å². The van der Waals surface area contributed by atoms with Crippen molar-refractivity contribution in [2.24, 2.45) is 0 Å². The van der Waals surface area contributed by atoms with Gasteiger partial charge in [0.15, 0.2) is 0 Å². The molecule has 128 valence electrons. The first-order valence-corrected chi connectivity index (χ1v) is 8.06. The summed E-state index contributed by atoms with van der Waals surface area (Å²) in [5.74, 6) is -0.270. The van der Waals surface area contributed by atoms with Crippen LogP contribution in [0.4, 0.5) is 10.1 Å². The van der Waals surface area contributed by atoms with Crippen molar-refractivity contribution in [3.8, 4) is 0 Å². The van der Waals surface area contributed by atoms with E-state index < -0.39 is 6.04 Å². The summed E-state index contributed by atoms with van der Waals surface area (Å²) in [5, 5.41) is 16.8. The second-order valence-electron chi connectivity index (χ2n) is 5.42. The number of nitrogens with zero attached hydrogens (tertiary/aromatic N) is 3.